The average Bonchev–Trinajstić information content (AvgIpc) is 2.90. The van der Waals surface area contributed by atoms with Crippen molar-refractivity contribution in [2.24, 2.45) is 0 Å². The van der Waals surface area contributed by atoms with Crippen molar-refractivity contribution in [3.05, 3.63) is 0 Å². The van der Waals surface area contributed by atoms with Gasteiger partial charge in [-0.1, -0.05) is 0 Å². The molecule has 2 aliphatic heterocycles. The summed E-state index contributed by atoms with van der Waals surface area (Å²) in [5.74, 6) is -0.0669. The smallest absolute Gasteiger partial charge is 0.252 e. The molecular weight excluding hydrogens is 234 g/mol. The minimum atomic E-state index is -0.398. The third-order valence-electron chi connectivity index (χ3n) is 3.46. The Morgan fingerprint density at radius 3 is 2.78 bits per heavy atom. The van der Waals surface area contributed by atoms with Gasteiger partial charge in [0, 0.05) is 40.3 Å². The van der Waals surface area contributed by atoms with Crippen molar-refractivity contribution in [3.63, 3.8) is 0 Å². The highest BCUT2D eigenvalue weighted by Crippen LogP contribution is 2.17. The van der Waals surface area contributed by atoms with Crippen molar-refractivity contribution in [1.29, 1.82) is 0 Å². The van der Waals surface area contributed by atoms with Gasteiger partial charge in [-0.05, 0) is 12.8 Å². The van der Waals surface area contributed by atoms with Crippen LogP contribution in [0.1, 0.15) is 12.8 Å². The van der Waals surface area contributed by atoms with Gasteiger partial charge in [0.25, 0.3) is 5.91 Å². The van der Waals surface area contributed by atoms with Crippen molar-refractivity contribution in [3.8, 4) is 0 Å². The SMILES string of the molecule is CN(C)C(=O)C1CNCCN1C(=O)[C@H]1CCCO1. The Bertz CT molecular complexity index is 327. The van der Waals surface area contributed by atoms with Crippen molar-refractivity contribution in [2.75, 3.05) is 40.3 Å². The number of carbonyl (C=O) groups is 2. The molecule has 1 N–H and O–H groups in total. The molecule has 2 amide bonds. The molecule has 6 nitrogen and oxygen atoms in total. The summed E-state index contributed by atoms with van der Waals surface area (Å²) in [6, 6.07) is -0.398. The first kappa shape index (κ1) is 13.3. The Morgan fingerprint density at radius 2 is 2.17 bits per heavy atom. The van der Waals surface area contributed by atoms with E-state index in [1.165, 1.54) is 4.90 Å². The molecule has 6 heteroatoms. The highest BCUT2D eigenvalue weighted by atomic mass is 16.5. The monoisotopic (exact) mass is 255 g/mol. The molecule has 0 bridgehead atoms. The van der Waals surface area contributed by atoms with E-state index in [0.29, 0.717) is 19.7 Å². The first-order valence-corrected chi connectivity index (χ1v) is 6.45. The van der Waals surface area contributed by atoms with Gasteiger partial charge in [0.1, 0.15) is 12.1 Å². The van der Waals surface area contributed by atoms with Gasteiger partial charge in [-0.2, -0.15) is 0 Å². The van der Waals surface area contributed by atoms with E-state index in [4.69, 9.17) is 4.74 Å². The molecule has 2 saturated heterocycles. The summed E-state index contributed by atoms with van der Waals surface area (Å²) in [6.45, 7) is 2.48. The molecule has 0 radical (unpaired) electrons. The average molecular weight is 255 g/mol. The fourth-order valence-corrected chi connectivity index (χ4v) is 2.44. The van der Waals surface area contributed by atoms with Crippen LogP contribution < -0.4 is 5.32 Å². The number of likely N-dealkylation sites (N-methyl/N-ethyl adjacent to an activating group) is 1. The number of ether oxygens (including phenoxy) is 1. The van der Waals surface area contributed by atoms with Crippen LogP contribution in [0.4, 0.5) is 0 Å². The molecule has 0 aromatic heterocycles. The van der Waals surface area contributed by atoms with Gasteiger partial charge in [-0.3, -0.25) is 9.59 Å². The van der Waals surface area contributed by atoms with E-state index in [-0.39, 0.29) is 17.9 Å². The van der Waals surface area contributed by atoms with Gasteiger partial charge in [0.2, 0.25) is 5.91 Å². The second-order valence-corrected chi connectivity index (χ2v) is 4.99. The Balaban J connectivity index is 2.07. The lowest BCUT2D eigenvalue weighted by molar-refractivity contribution is -0.151. The van der Waals surface area contributed by atoms with Crippen molar-refractivity contribution in [2.45, 2.75) is 25.0 Å². The fraction of sp³-hybridized carbons (Fsp3) is 0.833. The summed E-state index contributed by atoms with van der Waals surface area (Å²) in [5, 5.41) is 3.16. The van der Waals surface area contributed by atoms with Gasteiger partial charge < -0.3 is 19.9 Å². The van der Waals surface area contributed by atoms with E-state index in [2.05, 4.69) is 5.32 Å². The summed E-state index contributed by atoms with van der Waals surface area (Å²) in [7, 11) is 3.43. The quantitative estimate of drug-likeness (QED) is 0.691. The fourth-order valence-electron chi connectivity index (χ4n) is 2.44. The van der Waals surface area contributed by atoms with Gasteiger partial charge in [0.15, 0.2) is 0 Å². The second kappa shape index (κ2) is 5.67. The van der Waals surface area contributed by atoms with Gasteiger partial charge in [-0.25, -0.2) is 0 Å². The molecule has 2 atom stereocenters. The zero-order chi connectivity index (χ0) is 13.1. The van der Waals surface area contributed by atoms with E-state index >= 15 is 0 Å². The molecule has 102 valence electrons. The molecule has 0 spiro atoms. The lowest BCUT2D eigenvalue weighted by Crippen LogP contribution is -2.61. The summed E-state index contributed by atoms with van der Waals surface area (Å²) in [6.07, 6.45) is 1.35. The predicted octanol–water partition coefficient (Wildman–Crippen LogP) is -0.946. The molecule has 2 fully saturated rings. The number of amides is 2. The number of hydrogen-bond acceptors (Lipinski definition) is 4. The van der Waals surface area contributed by atoms with Crippen LogP contribution in [0, 0.1) is 0 Å². The maximum absolute atomic E-state index is 12.3. The minimum Gasteiger partial charge on any atom is -0.368 e. The predicted molar refractivity (Wildman–Crippen MR) is 66.0 cm³/mol. The first-order valence-electron chi connectivity index (χ1n) is 6.45. The molecule has 2 rings (SSSR count). The summed E-state index contributed by atoms with van der Waals surface area (Å²) < 4.78 is 5.42. The Labute approximate surface area is 107 Å². The number of nitrogens with one attached hydrogen (secondary N) is 1. The number of hydrogen-bond donors (Lipinski definition) is 1. The first-order chi connectivity index (χ1) is 8.61. The van der Waals surface area contributed by atoms with E-state index in [1.807, 2.05) is 0 Å². The van der Waals surface area contributed by atoms with Crippen LogP contribution in [-0.2, 0) is 14.3 Å². The van der Waals surface area contributed by atoms with Crippen LogP contribution in [0.3, 0.4) is 0 Å². The Hall–Kier alpha value is -1.14. The van der Waals surface area contributed by atoms with Crippen molar-refractivity contribution in [1.82, 2.24) is 15.1 Å². The van der Waals surface area contributed by atoms with E-state index in [1.54, 1.807) is 19.0 Å². The largest absolute Gasteiger partial charge is 0.368 e. The molecule has 0 aliphatic carbocycles. The summed E-state index contributed by atoms with van der Waals surface area (Å²) in [5.41, 5.74) is 0. The highest BCUT2D eigenvalue weighted by Gasteiger charge is 2.37. The number of piperazine rings is 1. The third-order valence-corrected chi connectivity index (χ3v) is 3.46. The minimum absolute atomic E-state index is 0.0331. The zero-order valence-electron chi connectivity index (χ0n) is 11.0. The molecule has 2 heterocycles. The lowest BCUT2D eigenvalue weighted by Gasteiger charge is -2.37. The maximum atomic E-state index is 12.3. The van der Waals surface area contributed by atoms with E-state index in [0.717, 1.165) is 19.4 Å². The Morgan fingerprint density at radius 1 is 1.39 bits per heavy atom. The second-order valence-electron chi connectivity index (χ2n) is 4.99. The standard InChI is InChI=1S/C12H21N3O3/c1-14(2)11(16)9-8-13-5-6-15(9)12(17)10-4-3-7-18-10/h9-10,13H,3-8H2,1-2H3/t9?,10-/m1/s1. The van der Waals surface area contributed by atoms with Gasteiger partial charge >= 0.3 is 0 Å². The van der Waals surface area contributed by atoms with Crippen LogP contribution in [-0.4, -0.2) is 74.1 Å². The van der Waals surface area contributed by atoms with Crippen LogP contribution in [0.15, 0.2) is 0 Å². The number of nitrogens with zero attached hydrogens (tertiary/aromatic N) is 2. The van der Waals surface area contributed by atoms with E-state index < -0.39 is 6.04 Å². The van der Waals surface area contributed by atoms with Crippen LogP contribution in [0.2, 0.25) is 0 Å². The normalized spacial score (nSPS) is 28.2. The summed E-state index contributed by atoms with van der Waals surface area (Å²) in [4.78, 5) is 27.6. The Kier molecular flexibility index (Phi) is 4.19. The zero-order valence-corrected chi connectivity index (χ0v) is 11.0. The summed E-state index contributed by atoms with van der Waals surface area (Å²) >= 11 is 0. The van der Waals surface area contributed by atoms with Crippen molar-refractivity contribution < 1.29 is 14.3 Å². The van der Waals surface area contributed by atoms with Gasteiger partial charge in [0.05, 0.1) is 0 Å². The molecule has 0 aromatic carbocycles. The van der Waals surface area contributed by atoms with Crippen molar-refractivity contribution >= 4 is 11.8 Å². The molecule has 1 unspecified atom stereocenters. The highest BCUT2D eigenvalue weighted by molar-refractivity contribution is 5.89. The number of rotatable bonds is 2. The maximum Gasteiger partial charge on any atom is 0.252 e. The van der Waals surface area contributed by atoms with Crippen LogP contribution in [0.5, 0.6) is 0 Å². The van der Waals surface area contributed by atoms with Crippen LogP contribution in [0.25, 0.3) is 0 Å². The molecule has 0 aromatic rings. The molecular formula is C12H21N3O3. The van der Waals surface area contributed by atoms with Crippen LogP contribution >= 0.6 is 0 Å². The lowest BCUT2D eigenvalue weighted by atomic mass is 10.1. The van der Waals surface area contributed by atoms with E-state index in [9.17, 15) is 9.59 Å². The number of carbonyl (C=O) groups excluding carboxylic acids is 2. The topological polar surface area (TPSA) is 61.9 Å². The molecule has 0 saturated carbocycles. The van der Waals surface area contributed by atoms with Gasteiger partial charge in [-0.15, -0.1) is 0 Å². The molecule has 18 heavy (non-hydrogen) atoms. The molecule has 2 aliphatic rings. The third kappa shape index (κ3) is 2.64.